The van der Waals surface area contributed by atoms with Gasteiger partial charge in [-0.15, -0.1) is 0 Å². The molecule has 176 valence electrons. The minimum absolute atomic E-state index is 0.205. The number of rotatable bonds is 4. The van der Waals surface area contributed by atoms with Gasteiger partial charge in [0.15, 0.2) is 0 Å². The van der Waals surface area contributed by atoms with E-state index >= 15 is 0 Å². The van der Waals surface area contributed by atoms with Crippen LogP contribution in [0.1, 0.15) is 47.9 Å². The number of allylic oxidation sites excluding steroid dienone is 1. The first-order chi connectivity index (χ1) is 17.2. The van der Waals surface area contributed by atoms with Crippen molar-refractivity contribution >= 4 is 45.6 Å². The SMILES string of the molecule is O=CC1CCN(c2ccc(C3=C(c4ccccc4Cl)CCCc4c3ccc3[nH]ncc43)cc2)CC1. The molecule has 1 aromatic heterocycles. The van der Waals surface area contributed by atoms with Gasteiger partial charge in [0.1, 0.15) is 6.29 Å². The highest BCUT2D eigenvalue weighted by molar-refractivity contribution is 6.32. The molecule has 0 unspecified atom stereocenters. The summed E-state index contributed by atoms with van der Waals surface area (Å²) in [4.78, 5) is 13.5. The van der Waals surface area contributed by atoms with Gasteiger partial charge in [0, 0.05) is 35.1 Å². The number of anilines is 1. The van der Waals surface area contributed by atoms with E-state index in [1.54, 1.807) is 0 Å². The zero-order valence-corrected chi connectivity index (χ0v) is 20.4. The Bertz CT molecular complexity index is 1410. The van der Waals surface area contributed by atoms with Crippen LogP contribution in [0.2, 0.25) is 5.02 Å². The highest BCUT2D eigenvalue weighted by atomic mass is 35.5. The number of hydrogen-bond donors (Lipinski definition) is 1. The van der Waals surface area contributed by atoms with Gasteiger partial charge in [0.2, 0.25) is 0 Å². The van der Waals surface area contributed by atoms with Crippen molar-refractivity contribution in [3.63, 3.8) is 0 Å². The van der Waals surface area contributed by atoms with E-state index < -0.39 is 0 Å². The van der Waals surface area contributed by atoms with Crippen LogP contribution in [0.5, 0.6) is 0 Å². The fraction of sp³-hybridized carbons (Fsp3) is 0.267. The van der Waals surface area contributed by atoms with Crippen LogP contribution in [0.15, 0.2) is 66.9 Å². The number of piperidine rings is 1. The first kappa shape index (κ1) is 22.1. The number of hydrogen-bond acceptors (Lipinski definition) is 3. The van der Waals surface area contributed by atoms with Gasteiger partial charge in [-0.1, -0.05) is 48.0 Å². The quantitative estimate of drug-likeness (QED) is 0.321. The molecule has 0 atom stereocenters. The van der Waals surface area contributed by atoms with Crippen LogP contribution in [0.4, 0.5) is 5.69 Å². The molecule has 1 saturated heterocycles. The molecule has 1 N–H and O–H groups in total. The van der Waals surface area contributed by atoms with E-state index in [9.17, 15) is 4.79 Å². The summed E-state index contributed by atoms with van der Waals surface area (Å²) < 4.78 is 0. The zero-order valence-electron chi connectivity index (χ0n) is 19.6. The van der Waals surface area contributed by atoms with E-state index in [1.807, 2.05) is 18.3 Å². The van der Waals surface area contributed by atoms with Crippen molar-refractivity contribution in [1.29, 1.82) is 0 Å². The van der Waals surface area contributed by atoms with Crippen LogP contribution in [0, 0.1) is 5.92 Å². The van der Waals surface area contributed by atoms with E-state index in [1.165, 1.54) is 38.9 Å². The number of H-pyrrole nitrogens is 1. The highest BCUT2D eigenvalue weighted by Crippen LogP contribution is 2.43. The van der Waals surface area contributed by atoms with Gasteiger partial charge >= 0.3 is 0 Å². The molecule has 5 heteroatoms. The van der Waals surface area contributed by atoms with E-state index in [4.69, 9.17) is 11.6 Å². The summed E-state index contributed by atoms with van der Waals surface area (Å²) in [5.74, 6) is 0.205. The van der Waals surface area contributed by atoms with Gasteiger partial charge in [0.25, 0.3) is 0 Å². The Balaban J connectivity index is 1.48. The summed E-state index contributed by atoms with van der Waals surface area (Å²) in [7, 11) is 0. The second-order valence-electron chi connectivity index (χ2n) is 9.62. The summed E-state index contributed by atoms with van der Waals surface area (Å²) in [6.07, 6.45) is 7.97. The molecule has 1 fully saturated rings. The van der Waals surface area contributed by atoms with Gasteiger partial charge in [0.05, 0.1) is 11.7 Å². The molecule has 4 aromatic rings. The Morgan fingerprint density at radius 1 is 0.943 bits per heavy atom. The molecule has 35 heavy (non-hydrogen) atoms. The van der Waals surface area contributed by atoms with Crippen molar-refractivity contribution in [3.8, 4) is 0 Å². The van der Waals surface area contributed by atoms with Crippen molar-refractivity contribution < 1.29 is 4.79 Å². The molecule has 3 aromatic carbocycles. The third kappa shape index (κ3) is 4.06. The third-order valence-corrected chi connectivity index (χ3v) is 7.94. The second kappa shape index (κ2) is 9.35. The minimum Gasteiger partial charge on any atom is -0.371 e. The van der Waals surface area contributed by atoms with Crippen LogP contribution in [-0.4, -0.2) is 29.6 Å². The van der Waals surface area contributed by atoms with E-state index in [0.717, 1.165) is 67.6 Å². The Morgan fingerprint density at radius 3 is 2.51 bits per heavy atom. The van der Waals surface area contributed by atoms with Gasteiger partial charge in [-0.05, 0) is 89.8 Å². The van der Waals surface area contributed by atoms with Crippen LogP contribution in [-0.2, 0) is 11.2 Å². The Kier molecular flexibility index (Phi) is 5.91. The molecular formula is C30H28ClN3O. The largest absolute Gasteiger partial charge is 0.371 e. The van der Waals surface area contributed by atoms with Crippen LogP contribution < -0.4 is 4.90 Å². The number of aromatic nitrogens is 2. The number of carbonyl (C=O) groups excluding carboxylic acids is 1. The molecule has 6 rings (SSSR count). The highest BCUT2D eigenvalue weighted by Gasteiger charge is 2.24. The standard InChI is InChI=1S/C30H28ClN3O/c31-28-7-2-1-4-24(28)25-6-3-5-23-26(12-13-29-27(23)18-32-33-29)30(25)21-8-10-22(11-9-21)34-16-14-20(19-35)15-17-34/h1-2,4,7-13,18-20H,3,5-6,14-17H2,(H,32,33). The fourth-order valence-corrected chi connectivity index (χ4v) is 6.00. The lowest BCUT2D eigenvalue weighted by molar-refractivity contribution is -0.111. The molecule has 1 aliphatic heterocycles. The maximum Gasteiger partial charge on any atom is 0.123 e. The minimum atomic E-state index is 0.205. The molecule has 0 amide bonds. The van der Waals surface area contributed by atoms with Crippen molar-refractivity contribution in [2.75, 3.05) is 18.0 Å². The van der Waals surface area contributed by atoms with E-state index in [-0.39, 0.29) is 5.92 Å². The zero-order chi connectivity index (χ0) is 23.8. The molecule has 4 nitrogen and oxygen atoms in total. The lowest BCUT2D eigenvalue weighted by atomic mass is 9.87. The van der Waals surface area contributed by atoms with Gasteiger partial charge < -0.3 is 9.69 Å². The van der Waals surface area contributed by atoms with Crippen LogP contribution in [0.3, 0.4) is 0 Å². The molecule has 0 bridgehead atoms. The monoisotopic (exact) mass is 481 g/mol. The lowest BCUT2D eigenvalue weighted by Gasteiger charge is -2.31. The average Bonchev–Trinajstić information content (AvgIpc) is 3.30. The second-order valence-corrected chi connectivity index (χ2v) is 10.0. The molecule has 0 saturated carbocycles. The number of aryl methyl sites for hydroxylation is 1. The van der Waals surface area contributed by atoms with Crippen molar-refractivity contribution in [1.82, 2.24) is 10.2 Å². The topological polar surface area (TPSA) is 49.0 Å². The summed E-state index contributed by atoms with van der Waals surface area (Å²) in [6.45, 7) is 1.86. The van der Waals surface area contributed by atoms with Crippen molar-refractivity contribution in [2.45, 2.75) is 32.1 Å². The predicted octanol–water partition coefficient (Wildman–Crippen LogP) is 6.93. The molecule has 0 radical (unpaired) electrons. The Morgan fingerprint density at radius 2 is 1.74 bits per heavy atom. The number of benzene rings is 3. The summed E-state index contributed by atoms with van der Waals surface area (Å²) >= 11 is 6.74. The normalized spacial score (nSPS) is 16.9. The first-order valence-electron chi connectivity index (χ1n) is 12.5. The van der Waals surface area contributed by atoms with Gasteiger partial charge in [-0.3, -0.25) is 5.10 Å². The molecule has 0 spiro atoms. The van der Waals surface area contributed by atoms with Gasteiger partial charge in [-0.25, -0.2) is 0 Å². The number of nitrogens with one attached hydrogen (secondary N) is 1. The Hall–Kier alpha value is -3.37. The lowest BCUT2D eigenvalue weighted by Crippen LogP contribution is -2.34. The maximum absolute atomic E-state index is 11.1. The maximum atomic E-state index is 11.1. The van der Waals surface area contributed by atoms with E-state index in [0.29, 0.717) is 0 Å². The predicted molar refractivity (Wildman–Crippen MR) is 144 cm³/mol. The number of fused-ring (bicyclic) bond motifs is 3. The smallest absolute Gasteiger partial charge is 0.123 e. The average molecular weight is 482 g/mol. The van der Waals surface area contributed by atoms with Crippen molar-refractivity contribution in [3.05, 3.63) is 94.1 Å². The summed E-state index contributed by atoms with van der Waals surface area (Å²) in [5.41, 5.74) is 9.81. The van der Waals surface area contributed by atoms with Crippen molar-refractivity contribution in [2.24, 2.45) is 5.92 Å². The third-order valence-electron chi connectivity index (χ3n) is 7.61. The summed E-state index contributed by atoms with van der Waals surface area (Å²) in [5, 5.41) is 9.45. The number of halogens is 1. The fourth-order valence-electron chi connectivity index (χ4n) is 5.75. The summed E-state index contributed by atoms with van der Waals surface area (Å²) in [6, 6.07) is 21.5. The number of aldehydes is 1. The number of nitrogens with zero attached hydrogens (tertiary/aromatic N) is 2. The van der Waals surface area contributed by atoms with Crippen LogP contribution >= 0.6 is 11.6 Å². The molecular weight excluding hydrogens is 454 g/mol. The Labute approximate surface area is 210 Å². The van der Waals surface area contributed by atoms with Crippen LogP contribution in [0.25, 0.3) is 22.0 Å². The number of carbonyl (C=O) groups is 1. The molecule has 2 aliphatic rings. The molecule has 1 aliphatic carbocycles. The number of aromatic amines is 1. The van der Waals surface area contributed by atoms with E-state index in [2.05, 4.69) is 63.6 Å². The van der Waals surface area contributed by atoms with Gasteiger partial charge in [-0.2, -0.15) is 5.10 Å². The molecule has 2 heterocycles. The first-order valence-corrected chi connectivity index (χ1v) is 12.8.